The van der Waals surface area contributed by atoms with Crippen LogP contribution in [-0.4, -0.2) is 16.1 Å². The molecule has 1 rings (SSSR count). The van der Waals surface area contributed by atoms with Crippen LogP contribution in [0.2, 0.25) is 0 Å². The number of nitriles is 1. The van der Waals surface area contributed by atoms with Crippen LogP contribution in [0, 0.1) is 11.3 Å². The van der Waals surface area contributed by atoms with Crippen molar-refractivity contribution in [2.45, 2.75) is 26.4 Å². The minimum atomic E-state index is 0.0756. The van der Waals surface area contributed by atoms with Gasteiger partial charge in [-0.15, -0.1) is 0 Å². The van der Waals surface area contributed by atoms with Gasteiger partial charge in [-0.25, -0.2) is 4.98 Å². The van der Waals surface area contributed by atoms with Gasteiger partial charge < -0.3 is 4.74 Å². The summed E-state index contributed by atoms with van der Waals surface area (Å²) in [7, 11) is 0. The van der Waals surface area contributed by atoms with E-state index >= 15 is 0 Å². The molecule has 0 fully saturated rings. The molecular formula is C9H11N3O. The fourth-order valence-electron chi connectivity index (χ4n) is 0.851. The van der Waals surface area contributed by atoms with Crippen LogP contribution in [0.15, 0.2) is 12.4 Å². The largest absolute Gasteiger partial charge is 0.474 e. The number of hydrogen-bond acceptors (Lipinski definition) is 4. The minimum absolute atomic E-state index is 0.0756. The van der Waals surface area contributed by atoms with Crippen molar-refractivity contribution in [3.05, 3.63) is 18.1 Å². The molecule has 0 amide bonds. The Morgan fingerprint density at radius 2 is 2.31 bits per heavy atom. The molecule has 68 valence electrons. The van der Waals surface area contributed by atoms with Crippen LogP contribution in [0.5, 0.6) is 5.88 Å². The Kier molecular flexibility index (Phi) is 3.21. The van der Waals surface area contributed by atoms with Gasteiger partial charge in [0.25, 0.3) is 0 Å². The molecule has 0 aromatic carbocycles. The molecule has 1 aromatic rings. The van der Waals surface area contributed by atoms with Gasteiger partial charge in [-0.05, 0) is 13.8 Å². The molecule has 0 aliphatic rings. The van der Waals surface area contributed by atoms with Gasteiger partial charge >= 0.3 is 0 Å². The smallest absolute Gasteiger partial charge is 0.232 e. The second-order valence-corrected chi connectivity index (χ2v) is 2.85. The Labute approximate surface area is 77.2 Å². The van der Waals surface area contributed by atoms with Gasteiger partial charge in [0, 0.05) is 6.20 Å². The first-order valence-electron chi connectivity index (χ1n) is 4.07. The summed E-state index contributed by atoms with van der Waals surface area (Å²) in [6, 6.07) is 2.01. The van der Waals surface area contributed by atoms with E-state index in [4.69, 9.17) is 10.00 Å². The highest BCUT2D eigenvalue weighted by Gasteiger charge is 2.00. The summed E-state index contributed by atoms with van der Waals surface area (Å²) in [6.45, 7) is 3.83. The van der Waals surface area contributed by atoms with Gasteiger partial charge in [0.1, 0.15) is 0 Å². The topological polar surface area (TPSA) is 58.8 Å². The first-order chi connectivity index (χ1) is 6.22. The summed E-state index contributed by atoms with van der Waals surface area (Å²) >= 11 is 0. The van der Waals surface area contributed by atoms with Crippen LogP contribution < -0.4 is 4.74 Å². The highest BCUT2D eigenvalue weighted by atomic mass is 16.5. The molecule has 0 radical (unpaired) electrons. The lowest BCUT2D eigenvalue weighted by Gasteiger charge is -2.07. The van der Waals surface area contributed by atoms with Crippen molar-refractivity contribution >= 4 is 0 Å². The molecule has 13 heavy (non-hydrogen) atoms. The third-order valence-electron chi connectivity index (χ3n) is 1.28. The Hall–Kier alpha value is -1.63. The van der Waals surface area contributed by atoms with E-state index in [0.717, 1.165) is 0 Å². The van der Waals surface area contributed by atoms with E-state index in [0.29, 0.717) is 11.6 Å². The molecule has 0 spiro atoms. The quantitative estimate of drug-likeness (QED) is 0.698. The van der Waals surface area contributed by atoms with E-state index in [1.54, 1.807) is 12.4 Å². The van der Waals surface area contributed by atoms with Crippen molar-refractivity contribution in [2.75, 3.05) is 0 Å². The van der Waals surface area contributed by atoms with E-state index < -0.39 is 0 Å². The molecule has 0 N–H and O–H groups in total. The van der Waals surface area contributed by atoms with Crippen molar-refractivity contribution in [1.82, 2.24) is 9.97 Å². The molecule has 0 aliphatic heterocycles. The molecular weight excluding hydrogens is 166 g/mol. The maximum Gasteiger partial charge on any atom is 0.232 e. The van der Waals surface area contributed by atoms with Gasteiger partial charge in [-0.3, -0.25) is 4.98 Å². The minimum Gasteiger partial charge on any atom is -0.474 e. The number of ether oxygens (including phenoxy) is 1. The van der Waals surface area contributed by atoms with Gasteiger partial charge in [0.15, 0.2) is 0 Å². The Balaban J connectivity index is 2.74. The maximum absolute atomic E-state index is 8.43. The number of rotatable bonds is 3. The summed E-state index contributed by atoms with van der Waals surface area (Å²) in [5.41, 5.74) is 0.639. The number of hydrogen-bond donors (Lipinski definition) is 0. The molecule has 0 atom stereocenters. The second kappa shape index (κ2) is 4.41. The highest BCUT2D eigenvalue weighted by molar-refractivity contribution is 5.11. The molecule has 4 nitrogen and oxygen atoms in total. The number of nitrogens with zero attached hydrogens (tertiary/aromatic N) is 3. The lowest BCUT2D eigenvalue weighted by molar-refractivity contribution is 0.231. The van der Waals surface area contributed by atoms with Crippen LogP contribution in [0.1, 0.15) is 19.5 Å². The molecule has 0 unspecified atom stereocenters. The van der Waals surface area contributed by atoms with Crippen molar-refractivity contribution in [3.8, 4) is 11.9 Å². The SMILES string of the molecule is CC(C)Oc1cncc(CC#N)n1. The summed E-state index contributed by atoms with van der Waals surface area (Å²) in [5, 5.41) is 8.43. The predicted octanol–water partition coefficient (Wildman–Crippen LogP) is 1.33. The van der Waals surface area contributed by atoms with Crippen LogP contribution >= 0.6 is 0 Å². The fraction of sp³-hybridized carbons (Fsp3) is 0.444. The zero-order chi connectivity index (χ0) is 9.68. The Morgan fingerprint density at radius 1 is 1.54 bits per heavy atom. The Bertz CT molecular complexity index is 317. The van der Waals surface area contributed by atoms with Crippen LogP contribution in [-0.2, 0) is 6.42 Å². The monoisotopic (exact) mass is 177 g/mol. The van der Waals surface area contributed by atoms with Gasteiger partial charge in [0.05, 0.1) is 30.5 Å². The Morgan fingerprint density at radius 3 is 2.92 bits per heavy atom. The van der Waals surface area contributed by atoms with Crippen LogP contribution in [0.25, 0.3) is 0 Å². The third kappa shape index (κ3) is 3.08. The zero-order valence-corrected chi connectivity index (χ0v) is 7.69. The molecule has 1 aromatic heterocycles. The summed E-state index contributed by atoms with van der Waals surface area (Å²) in [6.07, 6.45) is 3.45. The first-order valence-corrected chi connectivity index (χ1v) is 4.07. The van der Waals surface area contributed by atoms with Crippen molar-refractivity contribution in [3.63, 3.8) is 0 Å². The maximum atomic E-state index is 8.43. The van der Waals surface area contributed by atoms with E-state index in [1.807, 2.05) is 19.9 Å². The lowest BCUT2D eigenvalue weighted by Crippen LogP contribution is -2.07. The highest BCUT2D eigenvalue weighted by Crippen LogP contribution is 2.07. The number of aromatic nitrogens is 2. The fourth-order valence-corrected chi connectivity index (χ4v) is 0.851. The van der Waals surface area contributed by atoms with Gasteiger partial charge in [-0.2, -0.15) is 5.26 Å². The zero-order valence-electron chi connectivity index (χ0n) is 7.69. The summed E-state index contributed by atoms with van der Waals surface area (Å²) in [5.74, 6) is 0.475. The molecule has 1 heterocycles. The van der Waals surface area contributed by atoms with E-state index in [1.165, 1.54) is 0 Å². The molecule has 0 saturated carbocycles. The van der Waals surface area contributed by atoms with E-state index in [2.05, 4.69) is 9.97 Å². The normalized spacial score (nSPS) is 9.69. The first kappa shape index (κ1) is 9.46. The average molecular weight is 177 g/mol. The average Bonchev–Trinajstić information content (AvgIpc) is 2.04. The molecule has 4 heteroatoms. The van der Waals surface area contributed by atoms with Gasteiger partial charge in [-0.1, -0.05) is 0 Å². The second-order valence-electron chi connectivity index (χ2n) is 2.85. The van der Waals surface area contributed by atoms with Crippen molar-refractivity contribution < 1.29 is 4.74 Å². The van der Waals surface area contributed by atoms with Crippen molar-refractivity contribution in [1.29, 1.82) is 5.26 Å². The van der Waals surface area contributed by atoms with Crippen molar-refractivity contribution in [2.24, 2.45) is 0 Å². The molecule has 0 bridgehead atoms. The lowest BCUT2D eigenvalue weighted by atomic mass is 10.3. The van der Waals surface area contributed by atoms with Crippen LogP contribution in [0.3, 0.4) is 0 Å². The van der Waals surface area contributed by atoms with Gasteiger partial charge in [0.2, 0.25) is 5.88 Å². The predicted molar refractivity (Wildman–Crippen MR) is 47.1 cm³/mol. The standard InChI is InChI=1S/C9H11N3O/c1-7(2)13-9-6-11-5-8(12-9)3-4-10/h5-7H,3H2,1-2H3. The third-order valence-corrected chi connectivity index (χ3v) is 1.28. The van der Waals surface area contributed by atoms with E-state index in [-0.39, 0.29) is 12.5 Å². The molecule has 0 aliphatic carbocycles. The summed E-state index contributed by atoms with van der Waals surface area (Å²) in [4.78, 5) is 8.01. The summed E-state index contributed by atoms with van der Waals surface area (Å²) < 4.78 is 5.32. The van der Waals surface area contributed by atoms with Crippen LogP contribution in [0.4, 0.5) is 0 Å². The van der Waals surface area contributed by atoms with E-state index in [9.17, 15) is 0 Å². The molecule has 0 saturated heterocycles.